The van der Waals surface area contributed by atoms with Crippen LogP contribution in [0.1, 0.15) is 52.0 Å². The van der Waals surface area contributed by atoms with E-state index in [1.807, 2.05) is 12.1 Å². The van der Waals surface area contributed by atoms with E-state index >= 15 is 0 Å². The number of hydrogen-bond acceptors (Lipinski definition) is 1. The van der Waals surface area contributed by atoms with Crippen LogP contribution >= 0.6 is 11.6 Å². The second kappa shape index (κ2) is 6.28. The van der Waals surface area contributed by atoms with Crippen LogP contribution in [0.25, 0.3) is 0 Å². The van der Waals surface area contributed by atoms with E-state index in [1.54, 1.807) is 0 Å². The Kier molecular flexibility index (Phi) is 4.92. The summed E-state index contributed by atoms with van der Waals surface area (Å²) in [6.45, 7) is 8.05. The molecule has 0 bridgehead atoms. The van der Waals surface area contributed by atoms with Crippen molar-refractivity contribution in [3.8, 4) is 0 Å². The molecule has 0 atom stereocenters. The van der Waals surface area contributed by atoms with Gasteiger partial charge in [-0.2, -0.15) is 0 Å². The van der Waals surface area contributed by atoms with Crippen LogP contribution in [0.4, 0.5) is 0 Å². The van der Waals surface area contributed by atoms with E-state index in [4.69, 9.17) is 11.6 Å². The lowest BCUT2D eigenvalue weighted by Crippen LogP contribution is -2.35. The van der Waals surface area contributed by atoms with Crippen molar-refractivity contribution in [2.45, 2.75) is 59.0 Å². The molecule has 0 aliphatic heterocycles. The zero-order chi connectivity index (χ0) is 13.9. The van der Waals surface area contributed by atoms with Gasteiger partial charge < -0.3 is 5.32 Å². The lowest BCUT2D eigenvalue weighted by atomic mass is 9.71. The molecule has 2 heteroatoms. The van der Waals surface area contributed by atoms with Gasteiger partial charge in [0.1, 0.15) is 0 Å². The largest absolute Gasteiger partial charge is 0.310 e. The summed E-state index contributed by atoms with van der Waals surface area (Å²) in [7, 11) is 0. The molecule has 0 saturated heterocycles. The molecule has 106 valence electrons. The minimum Gasteiger partial charge on any atom is -0.310 e. The van der Waals surface area contributed by atoms with Crippen molar-refractivity contribution in [1.29, 1.82) is 0 Å². The van der Waals surface area contributed by atoms with Crippen molar-refractivity contribution >= 4 is 11.6 Å². The molecule has 0 amide bonds. The molecule has 0 aromatic heterocycles. The Morgan fingerprint density at radius 2 is 1.84 bits per heavy atom. The predicted octanol–water partition coefficient (Wildman–Crippen LogP) is 5.03. The fraction of sp³-hybridized carbons (Fsp3) is 0.647. The number of hydrogen-bond donors (Lipinski definition) is 1. The maximum atomic E-state index is 6.01. The molecule has 0 spiro atoms. The molecule has 2 rings (SSSR count). The van der Waals surface area contributed by atoms with Crippen LogP contribution in [0.15, 0.2) is 24.3 Å². The summed E-state index contributed by atoms with van der Waals surface area (Å²) >= 11 is 6.01. The molecule has 1 saturated carbocycles. The number of halogens is 1. The highest BCUT2D eigenvalue weighted by Crippen LogP contribution is 2.37. The Morgan fingerprint density at radius 3 is 2.42 bits per heavy atom. The van der Waals surface area contributed by atoms with Crippen LogP contribution in [0.5, 0.6) is 0 Å². The number of rotatable bonds is 3. The third-order valence-corrected chi connectivity index (χ3v) is 4.67. The summed E-state index contributed by atoms with van der Waals surface area (Å²) in [5.74, 6) is 0.886. The van der Waals surface area contributed by atoms with Crippen LogP contribution in [-0.2, 0) is 6.54 Å². The third-order valence-electron chi connectivity index (χ3n) is 4.44. The van der Waals surface area contributed by atoms with Crippen molar-refractivity contribution < 1.29 is 0 Å². The Hall–Kier alpha value is -0.530. The zero-order valence-electron chi connectivity index (χ0n) is 12.4. The molecule has 19 heavy (non-hydrogen) atoms. The van der Waals surface area contributed by atoms with Crippen molar-refractivity contribution in [3.63, 3.8) is 0 Å². The molecule has 1 aromatic carbocycles. The molecule has 0 radical (unpaired) electrons. The first kappa shape index (κ1) is 14.9. The lowest BCUT2D eigenvalue weighted by Gasteiger charge is -2.37. The maximum Gasteiger partial charge on any atom is 0.0409 e. The van der Waals surface area contributed by atoms with Crippen molar-refractivity contribution in [2.75, 3.05) is 0 Å². The van der Waals surface area contributed by atoms with Gasteiger partial charge in [-0.25, -0.2) is 0 Å². The first-order chi connectivity index (χ1) is 8.95. The SMILES string of the molecule is CC(C)(C)C1CCC(NCc2cccc(Cl)c2)CC1. The first-order valence-electron chi connectivity index (χ1n) is 7.43. The van der Waals surface area contributed by atoms with E-state index in [-0.39, 0.29) is 0 Å². The summed E-state index contributed by atoms with van der Waals surface area (Å²) in [5.41, 5.74) is 1.75. The molecule has 1 aliphatic carbocycles. The average molecular weight is 280 g/mol. The van der Waals surface area contributed by atoms with Crippen molar-refractivity contribution in [3.05, 3.63) is 34.9 Å². The van der Waals surface area contributed by atoms with Gasteiger partial charge in [0.05, 0.1) is 0 Å². The molecular formula is C17H26ClN. The fourth-order valence-corrected chi connectivity index (χ4v) is 3.29. The van der Waals surface area contributed by atoms with Gasteiger partial charge in [0.25, 0.3) is 0 Å². The minimum atomic E-state index is 0.470. The van der Waals surface area contributed by atoms with Gasteiger partial charge in [0, 0.05) is 17.6 Å². The molecular weight excluding hydrogens is 254 g/mol. The summed E-state index contributed by atoms with van der Waals surface area (Å²) in [4.78, 5) is 0. The highest BCUT2D eigenvalue weighted by Gasteiger charge is 2.29. The van der Waals surface area contributed by atoms with E-state index in [2.05, 4.69) is 38.2 Å². The van der Waals surface area contributed by atoms with Crippen molar-refractivity contribution in [1.82, 2.24) is 5.32 Å². The topological polar surface area (TPSA) is 12.0 Å². The quantitative estimate of drug-likeness (QED) is 0.818. The standard InChI is InChI=1S/C17H26ClN/c1-17(2,3)14-7-9-16(10-8-14)19-12-13-5-4-6-15(18)11-13/h4-6,11,14,16,19H,7-10,12H2,1-3H3. The number of benzene rings is 1. The van der Waals surface area contributed by atoms with E-state index in [0.717, 1.165) is 17.5 Å². The van der Waals surface area contributed by atoms with E-state index in [1.165, 1.54) is 31.2 Å². The van der Waals surface area contributed by atoms with Crippen LogP contribution in [0.3, 0.4) is 0 Å². The first-order valence-corrected chi connectivity index (χ1v) is 7.81. The Morgan fingerprint density at radius 1 is 1.16 bits per heavy atom. The molecule has 1 aromatic rings. The molecule has 1 N–H and O–H groups in total. The summed E-state index contributed by atoms with van der Waals surface area (Å²) in [6, 6.07) is 8.82. The van der Waals surface area contributed by atoms with E-state index in [0.29, 0.717) is 11.5 Å². The Bertz CT molecular complexity index is 400. The molecule has 1 nitrogen and oxygen atoms in total. The Labute approximate surface area is 122 Å². The predicted molar refractivity (Wildman–Crippen MR) is 83.5 cm³/mol. The third kappa shape index (κ3) is 4.50. The highest BCUT2D eigenvalue weighted by atomic mass is 35.5. The fourth-order valence-electron chi connectivity index (χ4n) is 3.07. The lowest BCUT2D eigenvalue weighted by molar-refractivity contribution is 0.160. The summed E-state index contributed by atoms with van der Waals surface area (Å²) in [6.07, 6.45) is 5.33. The second-order valence-corrected chi connectivity index (χ2v) is 7.36. The van der Waals surface area contributed by atoms with Crippen LogP contribution in [0, 0.1) is 11.3 Å². The van der Waals surface area contributed by atoms with Gasteiger partial charge in [-0.05, 0) is 54.7 Å². The molecule has 0 heterocycles. The van der Waals surface area contributed by atoms with Gasteiger partial charge in [0.2, 0.25) is 0 Å². The summed E-state index contributed by atoms with van der Waals surface area (Å²) < 4.78 is 0. The van der Waals surface area contributed by atoms with E-state index < -0.39 is 0 Å². The van der Waals surface area contributed by atoms with Gasteiger partial charge in [-0.3, -0.25) is 0 Å². The summed E-state index contributed by atoms with van der Waals surface area (Å²) in [5, 5.41) is 4.51. The molecule has 1 fully saturated rings. The molecule has 0 unspecified atom stereocenters. The maximum absolute atomic E-state index is 6.01. The van der Waals surface area contributed by atoms with Gasteiger partial charge in [0.15, 0.2) is 0 Å². The van der Waals surface area contributed by atoms with Gasteiger partial charge in [-0.15, -0.1) is 0 Å². The number of nitrogens with one attached hydrogen (secondary N) is 1. The second-order valence-electron chi connectivity index (χ2n) is 6.93. The van der Waals surface area contributed by atoms with Crippen LogP contribution in [-0.4, -0.2) is 6.04 Å². The van der Waals surface area contributed by atoms with Crippen LogP contribution in [0.2, 0.25) is 5.02 Å². The van der Waals surface area contributed by atoms with Gasteiger partial charge in [-0.1, -0.05) is 44.5 Å². The van der Waals surface area contributed by atoms with Crippen molar-refractivity contribution in [2.24, 2.45) is 11.3 Å². The monoisotopic (exact) mass is 279 g/mol. The Balaban J connectivity index is 1.77. The van der Waals surface area contributed by atoms with Gasteiger partial charge >= 0.3 is 0 Å². The zero-order valence-corrected chi connectivity index (χ0v) is 13.1. The average Bonchev–Trinajstić information content (AvgIpc) is 2.36. The van der Waals surface area contributed by atoms with E-state index in [9.17, 15) is 0 Å². The highest BCUT2D eigenvalue weighted by molar-refractivity contribution is 6.30. The molecule has 1 aliphatic rings. The normalized spacial score (nSPS) is 24.4. The smallest absolute Gasteiger partial charge is 0.0409 e. The van der Waals surface area contributed by atoms with Crippen LogP contribution < -0.4 is 5.32 Å². The minimum absolute atomic E-state index is 0.470.